The molecule has 0 spiro atoms. The van der Waals surface area contributed by atoms with Gasteiger partial charge in [0.05, 0.1) is 21.8 Å². The fourth-order valence-corrected chi connectivity index (χ4v) is 7.59. The molecule has 2 bridgehead atoms. The van der Waals surface area contributed by atoms with Gasteiger partial charge in [0.15, 0.2) is 5.82 Å². The maximum atomic E-state index is 8.11. The highest BCUT2D eigenvalue weighted by molar-refractivity contribution is 6.34. The molecule has 2 fully saturated rings. The van der Waals surface area contributed by atoms with Crippen LogP contribution in [0, 0.1) is 23.2 Å². The molecule has 2 saturated carbocycles. The van der Waals surface area contributed by atoms with Crippen LogP contribution in [0.3, 0.4) is 0 Å². The molecular weight excluding hydrogens is 408 g/mol. The summed E-state index contributed by atoms with van der Waals surface area (Å²) in [4.78, 5) is 2.35. The van der Waals surface area contributed by atoms with Crippen molar-refractivity contribution in [2.75, 3.05) is 23.4 Å². The van der Waals surface area contributed by atoms with E-state index in [1.807, 2.05) is 6.07 Å². The number of nitrogen functional groups attached to an aromatic ring is 2. The number of nitrogens with two attached hydrogens (primary N) is 2. The first-order valence-corrected chi connectivity index (χ1v) is 11.3. The van der Waals surface area contributed by atoms with Gasteiger partial charge in [-0.05, 0) is 79.2 Å². The van der Waals surface area contributed by atoms with Crippen molar-refractivity contribution in [3.8, 4) is 0 Å². The molecule has 31 heavy (non-hydrogen) atoms. The van der Waals surface area contributed by atoms with Crippen molar-refractivity contribution in [2.45, 2.75) is 37.6 Å². The Morgan fingerprint density at radius 3 is 2.81 bits per heavy atom. The molecule has 6 nitrogen and oxygen atoms in total. The Morgan fingerprint density at radius 1 is 1.26 bits per heavy atom. The minimum Gasteiger partial charge on any atom is -0.398 e. The van der Waals surface area contributed by atoms with E-state index in [0.717, 1.165) is 22.2 Å². The molecule has 6 rings (SSSR count). The Morgan fingerprint density at radius 2 is 2.03 bits per heavy atom. The van der Waals surface area contributed by atoms with Gasteiger partial charge in [0.2, 0.25) is 0 Å². The Bertz CT molecular complexity index is 1250. The number of hydrogen-bond donors (Lipinski definition) is 4. The number of anilines is 3. The molecule has 0 amide bonds. The first-order valence-electron chi connectivity index (χ1n) is 11.0. The lowest BCUT2D eigenvalue weighted by Crippen LogP contribution is -2.55. The second-order valence-electron chi connectivity index (χ2n) is 9.73. The molecule has 1 aromatic heterocycles. The summed E-state index contributed by atoms with van der Waals surface area (Å²) in [6, 6.07) is 8.28. The number of halogens is 1. The van der Waals surface area contributed by atoms with Crippen LogP contribution >= 0.6 is 11.6 Å². The van der Waals surface area contributed by atoms with Crippen LogP contribution < -0.4 is 16.4 Å². The van der Waals surface area contributed by atoms with E-state index in [9.17, 15) is 0 Å². The summed E-state index contributed by atoms with van der Waals surface area (Å²) in [6.45, 7) is 2.35. The van der Waals surface area contributed by atoms with E-state index in [-0.39, 0.29) is 5.54 Å². The molecule has 7 heteroatoms. The van der Waals surface area contributed by atoms with Gasteiger partial charge < -0.3 is 21.8 Å². The van der Waals surface area contributed by atoms with Crippen molar-refractivity contribution < 1.29 is 0 Å². The molecule has 3 aromatic rings. The second kappa shape index (κ2) is 6.16. The predicted molar refractivity (Wildman–Crippen MR) is 127 cm³/mol. The number of benzene rings is 2. The normalized spacial score (nSPS) is 31.1. The number of fused-ring (bicyclic) bond motifs is 8. The van der Waals surface area contributed by atoms with Gasteiger partial charge in [-0.3, -0.25) is 5.10 Å². The summed E-state index contributed by atoms with van der Waals surface area (Å²) >= 11 is 6.85. The molecule has 2 unspecified atom stereocenters. The van der Waals surface area contributed by atoms with Gasteiger partial charge in [0.25, 0.3) is 0 Å². The SMILES string of the molecule is CN1c2c(Cl)cc(N)c(C=N)c2[C@H]2C3CCC(C3)[C@H]2[C@]1(C)c1ccc2c(N)n[nH]c2c1. The molecule has 5 atom stereocenters. The molecular formula is C24H27ClN6. The van der Waals surface area contributed by atoms with Gasteiger partial charge in [-0.2, -0.15) is 5.10 Å². The standard InChI is InChI=1S/C24H27ClN6/c1-24(13-5-6-14-18(8-13)29-30-23(14)28)21-12-4-3-11(7-12)19(21)20-15(10-26)17(27)9-16(25)22(20)31(24)2/h5-6,8-12,19,21,26H,3-4,7,27H2,1-2H3,(H3,28,29,30)/t11?,12?,19-,21-,24+/m1/s1. The zero-order valence-corrected chi connectivity index (χ0v) is 18.5. The largest absolute Gasteiger partial charge is 0.398 e. The molecule has 6 N–H and O–H groups in total. The maximum Gasteiger partial charge on any atom is 0.153 e. The molecule has 1 aliphatic heterocycles. The van der Waals surface area contributed by atoms with Crippen molar-refractivity contribution in [1.29, 1.82) is 5.41 Å². The Hall–Kier alpha value is -2.73. The maximum absolute atomic E-state index is 8.11. The molecule has 0 saturated heterocycles. The number of aromatic nitrogens is 2. The highest BCUT2D eigenvalue weighted by Crippen LogP contribution is 2.68. The van der Waals surface area contributed by atoms with E-state index >= 15 is 0 Å². The van der Waals surface area contributed by atoms with Crippen molar-refractivity contribution >= 4 is 45.9 Å². The summed E-state index contributed by atoms with van der Waals surface area (Å²) in [6.07, 6.45) is 5.16. The summed E-state index contributed by atoms with van der Waals surface area (Å²) in [5.74, 6) is 2.58. The topological polar surface area (TPSA) is 108 Å². The van der Waals surface area contributed by atoms with E-state index in [2.05, 4.69) is 47.3 Å². The quantitative estimate of drug-likeness (QED) is 0.340. The number of nitrogens with zero attached hydrogens (tertiary/aromatic N) is 2. The zero-order valence-electron chi connectivity index (χ0n) is 17.7. The predicted octanol–water partition coefficient (Wildman–Crippen LogP) is 4.87. The lowest BCUT2D eigenvalue weighted by molar-refractivity contribution is 0.157. The first kappa shape index (κ1) is 19.0. The molecule has 3 aliphatic rings. The Labute approximate surface area is 186 Å². The van der Waals surface area contributed by atoms with Crippen LogP contribution in [0.25, 0.3) is 10.9 Å². The van der Waals surface area contributed by atoms with Crippen LogP contribution in [0.4, 0.5) is 17.2 Å². The lowest BCUT2D eigenvalue weighted by atomic mass is 9.60. The van der Waals surface area contributed by atoms with Gasteiger partial charge in [-0.25, -0.2) is 0 Å². The molecule has 2 aliphatic carbocycles. The average Bonchev–Trinajstić information content (AvgIpc) is 3.46. The molecule has 2 heterocycles. The van der Waals surface area contributed by atoms with E-state index < -0.39 is 0 Å². The van der Waals surface area contributed by atoms with Gasteiger partial charge >= 0.3 is 0 Å². The summed E-state index contributed by atoms with van der Waals surface area (Å²) < 4.78 is 0. The monoisotopic (exact) mass is 434 g/mol. The van der Waals surface area contributed by atoms with E-state index in [1.165, 1.54) is 36.6 Å². The fraction of sp³-hybridized carbons (Fsp3) is 0.417. The minimum atomic E-state index is -0.245. The smallest absolute Gasteiger partial charge is 0.153 e. The van der Waals surface area contributed by atoms with Gasteiger partial charge in [-0.1, -0.05) is 17.7 Å². The van der Waals surface area contributed by atoms with E-state index in [4.69, 9.17) is 28.5 Å². The molecule has 0 radical (unpaired) electrons. The molecule has 2 aromatic carbocycles. The second-order valence-corrected chi connectivity index (χ2v) is 10.1. The average molecular weight is 435 g/mol. The fourth-order valence-electron chi connectivity index (χ4n) is 7.25. The van der Waals surface area contributed by atoms with Crippen molar-refractivity contribution in [3.63, 3.8) is 0 Å². The van der Waals surface area contributed by atoms with Crippen molar-refractivity contribution in [3.05, 3.63) is 46.0 Å². The number of aromatic amines is 1. The first-order chi connectivity index (χ1) is 14.9. The van der Waals surface area contributed by atoms with E-state index in [0.29, 0.717) is 40.2 Å². The van der Waals surface area contributed by atoms with Gasteiger partial charge in [0.1, 0.15) is 0 Å². The third-order valence-corrected chi connectivity index (χ3v) is 8.90. The van der Waals surface area contributed by atoms with Crippen LogP contribution in [0.1, 0.15) is 48.8 Å². The van der Waals surface area contributed by atoms with Crippen molar-refractivity contribution in [1.82, 2.24) is 10.2 Å². The summed E-state index contributed by atoms with van der Waals surface area (Å²) in [5, 5.41) is 17.0. The summed E-state index contributed by atoms with van der Waals surface area (Å²) in [7, 11) is 2.14. The highest BCUT2D eigenvalue weighted by Gasteiger charge is 2.61. The van der Waals surface area contributed by atoms with Crippen LogP contribution in [-0.4, -0.2) is 23.5 Å². The third-order valence-electron chi connectivity index (χ3n) is 8.62. The number of nitrogens with one attached hydrogen (secondary N) is 2. The zero-order chi connectivity index (χ0) is 21.7. The third kappa shape index (κ3) is 2.23. The van der Waals surface area contributed by atoms with Gasteiger partial charge in [0, 0.05) is 29.9 Å². The molecule has 160 valence electrons. The number of H-pyrrole nitrogens is 1. The van der Waals surface area contributed by atoms with Crippen LogP contribution in [0.5, 0.6) is 0 Å². The van der Waals surface area contributed by atoms with Gasteiger partial charge in [-0.15, -0.1) is 0 Å². The van der Waals surface area contributed by atoms with Crippen molar-refractivity contribution in [2.24, 2.45) is 17.8 Å². The minimum absolute atomic E-state index is 0.245. The Kier molecular flexibility index (Phi) is 3.77. The lowest BCUT2D eigenvalue weighted by Gasteiger charge is -2.56. The number of hydrogen-bond acceptors (Lipinski definition) is 5. The Balaban J connectivity index is 1.64. The van der Waals surface area contributed by atoms with Crippen LogP contribution in [-0.2, 0) is 5.54 Å². The van der Waals surface area contributed by atoms with Crippen LogP contribution in [0.2, 0.25) is 5.02 Å². The highest BCUT2D eigenvalue weighted by atomic mass is 35.5. The van der Waals surface area contributed by atoms with Crippen LogP contribution in [0.15, 0.2) is 24.3 Å². The summed E-state index contributed by atoms with van der Waals surface area (Å²) in [5.41, 5.74) is 18.0. The van der Waals surface area contributed by atoms with E-state index in [1.54, 1.807) is 0 Å². The number of rotatable bonds is 2.